The first kappa shape index (κ1) is 30.4. The van der Waals surface area contributed by atoms with Gasteiger partial charge in [0.1, 0.15) is 6.04 Å². The van der Waals surface area contributed by atoms with E-state index in [2.05, 4.69) is 5.32 Å². The Morgan fingerprint density at radius 1 is 0.902 bits per heavy atom. The molecule has 0 radical (unpaired) electrons. The summed E-state index contributed by atoms with van der Waals surface area (Å²) in [6, 6.07) is 22.7. The maximum absolute atomic E-state index is 14.0. The van der Waals surface area contributed by atoms with E-state index < -0.39 is 6.04 Å². The summed E-state index contributed by atoms with van der Waals surface area (Å²) in [7, 11) is 0. The van der Waals surface area contributed by atoms with Crippen LogP contribution in [0, 0.1) is 0 Å². The molecule has 0 saturated heterocycles. The largest absolute Gasteiger partial charge is 0.490 e. The second kappa shape index (κ2) is 15.5. The maximum Gasteiger partial charge on any atom is 0.243 e. The van der Waals surface area contributed by atoms with Crippen molar-refractivity contribution in [2.75, 3.05) is 13.2 Å². The quantitative estimate of drug-likeness (QED) is 0.230. The summed E-state index contributed by atoms with van der Waals surface area (Å²) < 4.78 is 11.5. The van der Waals surface area contributed by atoms with E-state index in [4.69, 9.17) is 21.1 Å². The molecule has 218 valence electrons. The molecule has 0 aliphatic heterocycles. The zero-order valence-electron chi connectivity index (χ0n) is 24.1. The highest BCUT2D eigenvalue weighted by Crippen LogP contribution is 2.29. The molecular weight excluding hydrogens is 536 g/mol. The van der Waals surface area contributed by atoms with Crippen LogP contribution in [-0.4, -0.2) is 42.0 Å². The fraction of sp³-hybridized carbons (Fsp3) is 0.412. The number of nitrogens with one attached hydrogen (secondary N) is 1. The fourth-order valence-corrected chi connectivity index (χ4v) is 5.57. The number of hydrogen-bond acceptors (Lipinski definition) is 4. The first-order valence-electron chi connectivity index (χ1n) is 14.7. The van der Waals surface area contributed by atoms with Gasteiger partial charge in [0.2, 0.25) is 11.8 Å². The van der Waals surface area contributed by atoms with Gasteiger partial charge >= 0.3 is 0 Å². The summed E-state index contributed by atoms with van der Waals surface area (Å²) in [5.74, 6) is 1.15. The molecule has 3 aromatic carbocycles. The number of nitrogens with zero attached hydrogens (tertiary/aromatic N) is 1. The van der Waals surface area contributed by atoms with Crippen LogP contribution in [0.2, 0.25) is 5.02 Å². The highest BCUT2D eigenvalue weighted by Gasteiger charge is 2.32. The van der Waals surface area contributed by atoms with Crippen LogP contribution in [0.25, 0.3) is 0 Å². The van der Waals surface area contributed by atoms with E-state index in [-0.39, 0.29) is 30.8 Å². The Labute approximate surface area is 249 Å². The lowest BCUT2D eigenvalue weighted by molar-refractivity contribution is -0.141. The molecule has 0 aromatic heterocycles. The minimum Gasteiger partial charge on any atom is -0.490 e. The fourth-order valence-electron chi connectivity index (χ4n) is 5.38. The zero-order chi connectivity index (χ0) is 29.0. The third-order valence-corrected chi connectivity index (χ3v) is 7.88. The number of rotatable bonds is 14. The van der Waals surface area contributed by atoms with Crippen molar-refractivity contribution in [3.8, 4) is 11.5 Å². The molecule has 0 heterocycles. The van der Waals surface area contributed by atoms with E-state index in [1.54, 1.807) is 4.90 Å². The van der Waals surface area contributed by atoms with Crippen LogP contribution >= 0.6 is 11.6 Å². The summed E-state index contributed by atoms with van der Waals surface area (Å²) >= 11 is 6.55. The highest BCUT2D eigenvalue weighted by molar-refractivity contribution is 6.31. The Morgan fingerprint density at radius 3 is 2.29 bits per heavy atom. The number of carbonyl (C=O) groups is 2. The van der Waals surface area contributed by atoms with Gasteiger partial charge in [0, 0.05) is 30.5 Å². The Bertz CT molecular complexity index is 1280. The summed E-state index contributed by atoms with van der Waals surface area (Å²) in [5.41, 5.74) is 2.79. The molecule has 1 saturated carbocycles. The Hall–Kier alpha value is -3.51. The van der Waals surface area contributed by atoms with Crippen LogP contribution in [0.4, 0.5) is 0 Å². The van der Waals surface area contributed by atoms with Gasteiger partial charge in [0.15, 0.2) is 11.5 Å². The number of amides is 2. The Morgan fingerprint density at radius 2 is 1.59 bits per heavy atom. The summed E-state index contributed by atoms with van der Waals surface area (Å²) in [6.07, 6.45) is 5.35. The van der Waals surface area contributed by atoms with Gasteiger partial charge in [-0.2, -0.15) is 0 Å². The lowest BCUT2D eigenvalue weighted by Gasteiger charge is -2.32. The number of halogens is 1. The van der Waals surface area contributed by atoms with Crippen molar-refractivity contribution in [1.82, 2.24) is 10.2 Å². The first-order chi connectivity index (χ1) is 20.0. The van der Waals surface area contributed by atoms with Crippen LogP contribution in [-0.2, 0) is 29.0 Å². The number of hydrogen-bond donors (Lipinski definition) is 1. The van der Waals surface area contributed by atoms with E-state index in [9.17, 15) is 9.59 Å². The molecule has 1 fully saturated rings. The molecule has 41 heavy (non-hydrogen) atoms. The summed E-state index contributed by atoms with van der Waals surface area (Å²) in [4.78, 5) is 29.6. The molecule has 1 atom stereocenters. The maximum atomic E-state index is 14.0. The third kappa shape index (κ3) is 8.74. The highest BCUT2D eigenvalue weighted by atomic mass is 35.5. The van der Waals surface area contributed by atoms with Crippen molar-refractivity contribution < 1.29 is 19.1 Å². The molecule has 0 bridgehead atoms. The van der Waals surface area contributed by atoms with Gasteiger partial charge in [-0.25, -0.2) is 0 Å². The van der Waals surface area contributed by atoms with E-state index in [1.165, 1.54) is 0 Å². The number of carbonyl (C=O) groups excluding carboxylic acids is 2. The van der Waals surface area contributed by atoms with Gasteiger partial charge in [0.25, 0.3) is 0 Å². The van der Waals surface area contributed by atoms with Gasteiger partial charge in [-0.15, -0.1) is 0 Å². The molecule has 1 aliphatic carbocycles. The SMILES string of the molecule is CCOc1ccc(CCC(=O)N(Cc2ccccc2Cl)[C@@H](Cc2ccccc2)C(=O)NC2CCCC2)cc1OCC. The molecule has 7 heteroatoms. The molecule has 0 spiro atoms. The van der Waals surface area contributed by atoms with Crippen molar-refractivity contribution in [1.29, 1.82) is 0 Å². The minimum atomic E-state index is -0.666. The van der Waals surface area contributed by atoms with Gasteiger partial charge in [-0.3, -0.25) is 9.59 Å². The molecule has 4 rings (SSSR count). The van der Waals surface area contributed by atoms with E-state index in [0.717, 1.165) is 42.4 Å². The van der Waals surface area contributed by atoms with Crippen molar-refractivity contribution >= 4 is 23.4 Å². The van der Waals surface area contributed by atoms with Gasteiger partial charge in [0.05, 0.1) is 13.2 Å². The molecule has 1 N–H and O–H groups in total. The smallest absolute Gasteiger partial charge is 0.243 e. The van der Waals surface area contributed by atoms with Crippen LogP contribution in [0.5, 0.6) is 11.5 Å². The van der Waals surface area contributed by atoms with Gasteiger partial charge in [-0.05, 0) is 68.0 Å². The Kier molecular flexibility index (Phi) is 11.5. The third-order valence-electron chi connectivity index (χ3n) is 7.51. The lowest BCUT2D eigenvalue weighted by atomic mass is 10.0. The van der Waals surface area contributed by atoms with Crippen molar-refractivity contribution in [2.24, 2.45) is 0 Å². The second-order valence-corrected chi connectivity index (χ2v) is 10.9. The van der Waals surface area contributed by atoms with Crippen molar-refractivity contribution in [3.63, 3.8) is 0 Å². The molecule has 3 aromatic rings. The molecule has 2 amide bonds. The first-order valence-corrected chi connectivity index (χ1v) is 15.1. The van der Waals surface area contributed by atoms with Gasteiger partial charge < -0.3 is 19.7 Å². The monoisotopic (exact) mass is 576 g/mol. The van der Waals surface area contributed by atoms with Crippen LogP contribution in [0.3, 0.4) is 0 Å². The molecule has 0 unspecified atom stereocenters. The van der Waals surface area contributed by atoms with E-state index in [1.807, 2.05) is 86.6 Å². The average molecular weight is 577 g/mol. The van der Waals surface area contributed by atoms with Crippen LogP contribution in [0.1, 0.15) is 62.6 Å². The molecule has 1 aliphatic rings. The van der Waals surface area contributed by atoms with E-state index in [0.29, 0.717) is 42.6 Å². The van der Waals surface area contributed by atoms with Gasteiger partial charge in [-0.1, -0.05) is 79.0 Å². The van der Waals surface area contributed by atoms with E-state index >= 15 is 0 Å². The van der Waals surface area contributed by atoms with Crippen LogP contribution < -0.4 is 14.8 Å². The normalized spacial score (nSPS) is 13.9. The number of benzene rings is 3. The van der Waals surface area contributed by atoms with Crippen LogP contribution in [0.15, 0.2) is 72.8 Å². The summed E-state index contributed by atoms with van der Waals surface area (Å²) in [5, 5.41) is 3.83. The lowest BCUT2D eigenvalue weighted by Crippen LogP contribution is -2.52. The zero-order valence-corrected chi connectivity index (χ0v) is 24.9. The second-order valence-electron chi connectivity index (χ2n) is 10.5. The average Bonchev–Trinajstić information content (AvgIpc) is 3.49. The number of ether oxygens (including phenoxy) is 2. The summed E-state index contributed by atoms with van der Waals surface area (Å²) in [6.45, 7) is 5.18. The topological polar surface area (TPSA) is 67.9 Å². The minimum absolute atomic E-state index is 0.0979. The predicted molar refractivity (Wildman–Crippen MR) is 163 cm³/mol. The predicted octanol–water partition coefficient (Wildman–Crippen LogP) is 6.77. The molecule has 6 nitrogen and oxygen atoms in total. The van der Waals surface area contributed by atoms with Crippen molar-refractivity contribution in [2.45, 2.75) is 77.4 Å². The number of aryl methyl sites for hydroxylation is 1. The molecular formula is C34H41ClN2O4. The van der Waals surface area contributed by atoms with Crippen molar-refractivity contribution in [3.05, 3.63) is 94.5 Å². The standard InChI is InChI=1S/C34H41ClN2O4/c1-3-40-31-20-18-26(23-32(31)41-4-2)19-21-33(38)37(24-27-14-8-11-17-29(27)35)30(22-25-12-6-5-7-13-25)34(39)36-28-15-9-10-16-28/h5-8,11-14,17-18,20,23,28,30H,3-4,9-10,15-16,19,21-22,24H2,1-2H3,(H,36,39)/t30-/m0/s1. The Balaban J connectivity index is 1.60.